The number of halogens is 1. The maximum Gasteiger partial charge on any atom is 0.315 e. The highest BCUT2D eigenvalue weighted by Crippen LogP contribution is 2.28. The van der Waals surface area contributed by atoms with Crippen LogP contribution in [0.4, 0.5) is 4.79 Å². The topological polar surface area (TPSA) is 61.4 Å². The molecular weight excluding hydrogens is 308 g/mol. The molecule has 3 unspecified atom stereocenters. The summed E-state index contributed by atoms with van der Waals surface area (Å²) in [6, 6.07) is 6.70. The van der Waals surface area contributed by atoms with Gasteiger partial charge < -0.3 is 15.7 Å². The highest BCUT2D eigenvalue weighted by Gasteiger charge is 2.25. The Bertz CT molecular complexity index is 469. The Balaban J connectivity index is 1.86. The van der Waals surface area contributed by atoms with Crippen molar-refractivity contribution in [3.63, 3.8) is 0 Å². The van der Waals surface area contributed by atoms with Crippen molar-refractivity contribution in [3.8, 4) is 0 Å². The van der Waals surface area contributed by atoms with Crippen LogP contribution in [-0.4, -0.2) is 35.3 Å². The number of thioether (sulfide) groups is 1. The van der Waals surface area contributed by atoms with E-state index in [0.29, 0.717) is 10.3 Å². The van der Waals surface area contributed by atoms with Gasteiger partial charge in [-0.1, -0.05) is 23.7 Å². The van der Waals surface area contributed by atoms with Crippen LogP contribution in [0.2, 0.25) is 5.02 Å². The van der Waals surface area contributed by atoms with Crippen molar-refractivity contribution in [2.45, 2.75) is 36.6 Å². The molecule has 0 aliphatic heterocycles. The summed E-state index contributed by atoms with van der Waals surface area (Å²) in [7, 11) is 0. The van der Waals surface area contributed by atoms with E-state index in [9.17, 15) is 9.90 Å². The summed E-state index contributed by atoms with van der Waals surface area (Å²) < 4.78 is 0. The first kappa shape index (κ1) is 16.5. The van der Waals surface area contributed by atoms with Crippen LogP contribution in [0.25, 0.3) is 0 Å². The molecule has 1 aromatic carbocycles. The standard InChI is InChI=1S/C15H21ClN2O2S/c1-21-13-7-6-12(8-13)17-15(20)18-14(9-19)10-2-4-11(16)5-3-10/h2-5,12-14,19H,6-9H2,1H3,(H2,17,18,20). The highest BCUT2D eigenvalue weighted by molar-refractivity contribution is 7.99. The van der Waals surface area contributed by atoms with Gasteiger partial charge in [0.05, 0.1) is 12.6 Å². The van der Waals surface area contributed by atoms with Gasteiger partial charge in [-0.25, -0.2) is 4.79 Å². The smallest absolute Gasteiger partial charge is 0.315 e. The fourth-order valence-corrected chi connectivity index (χ4v) is 3.52. The first-order chi connectivity index (χ1) is 10.1. The summed E-state index contributed by atoms with van der Waals surface area (Å²) in [5.74, 6) is 0. The van der Waals surface area contributed by atoms with Crippen LogP contribution in [-0.2, 0) is 0 Å². The summed E-state index contributed by atoms with van der Waals surface area (Å²) in [5.41, 5.74) is 0.838. The zero-order valence-corrected chi connectivity index (χ0v) is 13.6. The number of benzene rings is 1. The average molecular weight is 329 g/mol. The highest BCUT2D eigenvalue weighted by atomic mass is 35.5. The molecule has 2 rings (SSSR count). The summed E-state index contributed by atoms with van der Waals surface area (Å²) in [6.45, 7) is -0.146. The fourth-order valence-electron chi connectivity index (χ4n) is 2.60. The molecule has 1 aliphatic carbocycles. The largest absolute Gasteiger partial charge is 0.394 e. The Morgan fingerprint density at radius 2 is 2.14 bits per heavy atom. The van der Waals surface area contributed by atoms with Gasteiger partial charge in [0, 0.05) is 16.3 Å². The second-order valence-electron chi connectivity index (χ2n) is 5.27. The van der Waals surface area contributed by atoms with E-state index in [0.717, 1.165) is 24.8 Å². The summed E-state index contributed by atoms with van der Waals surface area (Å²) in [4.78, 5) is 12.0. The molecule has 1 aliphatic rings. The zero-order chi connectivity index (χ0) is 15.2. The van der Waals surface area contributed by atoms with Gasteiger partial charge >= 0.3 is 6.03 Å². The van der Waals surface area contributed by atoms with E-state index in [1.54, 1.807) is 12.1 Å². The number of rotatable bonds is 5. The number of carbonyl (C=O) groups excluding carboxylic acids is 1. The molecular formula is C15H21ClN2O2S. The molecule has 2 amide bonds. The van der Waals surface area contributed by atoms with Crippen molar-refractivity contribution in [1.29, 1.82) is 0 Å². The third-order valence-corrected chi connectivity index (χ3v) is 5.16. The second-order valence-corrected chi connectivity index (χ2v) is 6.85. The number of aliphatic hydroxyl groups is 1. The normalized spacial score (nSPS) is 22.8. The average Bonchev–Trinajstić information content (AvgIpc) is 2.93. The van der Waals surface area contributed by atoms with E-state index < -0.39 is 6.04 Å². The number of hydrogen-bond donors (Lipinski definition) is 3. The Morgan fingerprint density at radius 1 is 1.43 bits per heavy atom. The number of aliphatic hydroxyl groups excluding tert-OH is 1. The number of amides is 2. The SMILES string of the molecule is CSC1CCC(NC(=O)NC(CO)c2ccc(Cl)cc2)C1. The van der Waals surface area contributed by atoms with Crippen molar-refractivity contribution in [2.24, 2.45) is 0 Å². The molecule has 0 heterocycles. The molecule has 1 fully saturated rings. The zero-order valence-electron chi connectivity index (χ0n) is 12.0. The van der Waals surface area contributed by atoms with Crippen LogP contribution in [0.5, 0.6) is 0 Å². The minimum Gasteiger partial charge on any atom is -0.394 e. The fraction of sp³-hybridized carbons (Fsp3) is 0.533. The van der Waals surface area contributed by atoms with Crippen LogP contribution in [0.3, 0.4) is 0 Å². The molecule has 116 valence electrons. The van der Waals surface area contributed by atoms with Gasteiger partial charge in [0.25, 0.3) is 0 Å². The lowest BCUT2D eigenvalue weighted by atomic mass is 10.1. The minimum atomic E-state index is -0.417. The van der Waals surface area contributed by atoms with Crippen molar-refractivity contribution in [1.82, 2.24) is 10.6 Å². The Hall–Kier alpha value is -0.910. The predicted molar refractivity (Wildman–Crippen MR) is 87.9 cm³/mol. The number of hydrogen-bond acceptors (Lipinski definition) is 3. The van der Waals surface area contributed by atoms with Crippen molar-refractivity contribution >= 4 is 29.4 Å². The van der Waals surface area contributed by atoms with E-state index in [2.05, 4.69) is 16.9 Å². The quantitative estimate of drug-likeness (QED) is 0.778. The molecule has 1 saturated carbocycles. The maximum atomic E-state index is 12.0. The van der Waals surface area contributed by atoms with E-state index in [1.807, 2.05) is 23.9 Å². The number of urea groups is 1. The monoisotopic (exact) mass is 328 g/mol. The molecule has 0 bridgehead atoms. The second kappa shape index (κ2) is 7.92. The molecule has 1 aromatic rings. The lowest BCUT2D eigenvalue weighted by Crippen LogP contribution is -2.43. The van der Waals surface area contributed by atoms with Gasteiger partial charge in [-0.3, -0.25) is 0 Å². The van der Waals surface area contributed by atoms with Crippen LogP contribution in [0, 0.1) is 0 Å². The van der Waals surface area contributed by atoms with Crippen molar-refractivity contribution in [3.05, 3.63) is 34.9 Å². The van der Waals surface area contributed by atoms with Gasteiger partial charge in [0.1, 0.15) is 0 Å². The Morgan fingerprint density at radius 3 is 2.71 bits per heavy atom. The molecule has 3 atom stereocenters. The molecule has 0 aromatic heterocycles. The van der Waals surface area contributed by atoms with Gasteiger partial charge in [0.15, 0.2) is 0 Å². The maximum absolute atomic E-state index is 12.0. The molecule has 0 radical (unpaired) electrons. The van der Waals surface area contributed by atoms with E-state index >= 15 is 0 Å². The van der Waals surface area contributed by atoms with E-state index in [-0.39, 0.29) is 18.7 Å². The van der Waals surface area contributed by atoms with Crippen molar-refractivity contribution < 1.29 is 9.90 Å². The van der Waals surface area contributed by atoms with Gasteiger partial charge in [-0.2, -0.15) is 11.8 Å². The molecule has 4 nitrogen and oxygen atoms in total. The third kappa shape index (κ3) is 4.80. The minimum absolute atomic E-state index is 0.146. The van der Waals surface area contributed by atoms with Crippen LogP contribution < -0.4 is 10.6 Å². The number of carbonyl (C=O) groups is 1. The van der Waals surface area contributed by atoms with Crippen LogP contribution in [0.15, 0.2) is 24.3 Å². The van der Waals surface area contributed by atoms with E-state index in [1.165, 1.54) is 0 Å². The summed E-state index contributed by atoms with van der Waals surface area (Å²) in [6.07, 6.45) is 5.28. The van der Waals surface area contributed by atoms with Crippen molar-refractivity contribution in [2.75, 3.05) is 12.9 Å². The Kier molecular flexibility index (Phi) is 6.21. The lowest BCUT2D eigenvalue weighted by Gasteiger charge is -2.19. The first-order valence-corrected chi connectivity index (χ1v) is 8.75. The number of nitrogens with one attached hydrogen (secondary N) is 2. The molecule has 6 heteroatoms. The molecule has 0 saturated heterocycles. The van der Waals surface area contributed by atoms with Gasteiger partial charge in [0.2, 0.25) is 0 Å². The molecule has 0 spiro atoms. The Labute approximate surface area is 134 Å². The third-order valence-electron chi connectivity index (χ3n) is 3.81. The lowest BCUT2D eigenvalue weighted by molar-refractivity contribution is 0.214. The predicted octanol–water partition coefficient (Wildman–Crippen LogP) is 2.96. The summed E-state index contributed by atoms with van der Waals surface area (Å²) >= 11 is 7.70. The summed E-state index contributed by atoms with van der Waals surface area (Å²) in [5, 5.41) is 16.5. The molecule has 3 N–H and O–H groups in total. The first-order valence-electron chi connectivity index (χ1n) is 7.08. The van der Waals surface area contributed by atoms with Crippen LogP contribution >= 0.6 is 23.4 Å². The van der Waals surface area contributed by atoms with E-state index in [4.69, 9.17) is 11.6 Å². The van der Waals surface area contributed by atoms with Crippen LogP contribution in [0.1, 0.15) is 30.9 Å². The van der Waals surface area contributed by atoms with Gasteiger partial charge in [-0.05, 0) is 43.2 Å². The molecule has 21 heavy (non-hydrogen) atoms. The van der Waals surface area contributed by atoms with Gasteiger partial charge in [-0.15, -0.1) is 0 Å².